The van der Waals surface area contributed by atoms with Crippen molar-refractivity contribution in [3.05, 3.63) is 87.8 Å². The van der Waals surface area contributed by atoms with E-state index in [0.717, 1.165) is 21.5 Å². The van der Waals surface area contributed by atoms with Gasteiger partial charge in [-0.1, -0.05) is 60.2 Å². The Morgan fingerprint density at radius 3 is 2.71 bits per heavy atom. The summed E-state index contributed by atoms with van der Waals surface area (Å²) in [6.07, 6.45) is 1.65. The van der Waals surface area contributed by atoms with Gasteiger partial charge in [-0.15, -0.1) is 11.3 Å². The predicted octanol–water partition coefficient (Wildman–Crippen LogP) is 4.48. The lowest BCUT2D eigenvalue weighted by Gasteiger charge is -2.07. The van der Waals surface area contributed by atoms with Gasteiger partial charge in [0.15, 0.2) is 0 Å². The Bertz CT molecular complexity index is 1060. The molecular weight excluding hydrogens is 316 g/mol. The summed E-state index contributed by atoms with van der Waals surface area (Å²) in [5.41, 5.74) is 4.33. The van der Waals surface area contributed by atoms with Crippen LogP contribution in [0, 0.1) is 6.92 Å². The van der Waals surface area contributed by atoms with Crippen molar-refractivity contribution >= 4 is 21.6 Å². The number of benzene rings is 2. The summed E-state index contributed by atoms with van der Waals surface area (Å²) >= 11 is 1.52. The molecule has 0 atom stereocenters. The summed E-state index contributed by atoms with van der Waals surface area (Å²) in [6, 6.07) is 18.2. The van der Waals surface area contributed by atoms with Gasteiger partial charge in [-0.05, 0) is 18.1 Å². The number of fused-ring (bicyclic) bond motifs is 1. The number of aryl methyl sites for hydroxylation is 1. The maximum Gasteiger partial charge on any atom is 0.263 e. The lowest BCUT2D eigenvalue weighted by molar-refractivity contribution is 0.749. The largest absolute Gasteiger partial charge is 0.294 e. The first-order chi connectivity index (χ1) is 11.7. The van der Waals surface area contributed by atoms with Gasteiger partial charge in [-0.25, -0.2) is 4.98 Å². The van der Waals surface area contributed by atoms with Crippen LogP contribution in [-0.4, -0.2) is 9.55 Å². The highest BCUT2D eigenvalue weighted by molar-refractivity contribution is 7.17. The molecule has 0 fully saturated rings. The lowest BCUT2D eigenvalue weighted by atomic mass is 10.1. The molecule has 0 amide bonds. The first-order valence-electron chi connectivity index (χ1n) is 7.80. The third-order valence-electron chi connectivity index (χ3n) is 4.08. The van der Waals surface area contributed by atoms with Crippen molar-refractivity contribution in [1.29, 1.82) is 0 Å². The molecule has 2 aromatic carbocycles. The zero-order chi connectivity index (χ0) is 16.5. The molecule has 0 aliphatic rings. The van der Waals surface area contributed by atoms with Crippen molar-refractivity contribution in [2.45, 2.75) is 13.5 Å². The molecule has 24 heavy (non-hydrogen) atoms. The maximum atomic E-state index is 13.0. The Hall–Kier alpha value is -2.72. The topological polar surface area (TPSA) is 34.9 Å². The van der Waals surface area contributed by atoms with Crippen molar-refractivity contribution < 1.29 is 0 Å². The van der Waals surface area contributed by atoms with E-state index in [0.29, 0.717) is 11.9 Å². The summed E-state index contributed by atoms with van der Waals surface area (Å²) in [5.74, 6) is 0. The van der Waals surface area contributed by atoms with Crippen LogP contribution in [0.3, 0.4) is 0 Å². The first kappa shape index (κ1) is 14.8. The van der Waals surface area contributed by atoms with Gasteiger partial charge >= 0.3 is 0 Å². The SMILES string of the molecule is Cc1cccc(Cn2cnc3scc(-c4ccccc4)c3c2=O)c1. The molecule has 3 nitrogen and oxygen atoms in total. The molecule has 0 spiro atoms. The number of nitrogens with zero attached hydrogens (tertiary/aromatic N) is 2. The molecule has 2 aromatic heterocycles. The van der Waals surface area contributed by atoms with Crippen LogP contribution in [0.15, 0.2) is 71.1 Å². The molecule has 4 aromatic rings. The zero-order valence-corrected chi connectivity index (χ0v) is 14.1. The van der Waals surface area contributed by atoms with Gasteiger partial charge in [0.2, 0.25) is 0 Å². The van der Waals surface area contributed by atoms with Crippen molar-refractivity contribution in [3.8, 4) is 11.1 Å². The molecular formula is C20H16N2OS. The van der Waals surface area contributed by atoms with Gasteiger partial charge in [-0.2, -0.15) is 0 Å². The molecule has 0 saturated heterocycles. The quantitative estimate of drug-likeness (QED) is 0.554. The molecule has 0 saturated carbocycles. The van der Waals surface area contributed by atoms with Gasteiger partial charge < -0.3 is 0 Å². The Kier molecular flexibility index (Phi) is 3.75. The highest BCUT2D eigenvalue weighted by Crippen LogP contribution is 2.30. The van der Waals surface area contributed by atoms with E-state index < -0.39 is 0 Å². The van der Waals surface area contributed by atoms with Crippen LogP contribution in [-0.2, 0) is 6.54 Å². The minimum atomic E-state index is 0.0154. The van der Waals surface area contributed by atoms with Crippen LogP contribution < -0.4 is 5.56 Å². The van der Waals surface area contributed by atoms with Crippen LogP contribution in [0.5, 0.6) is 0 Å². The highest BCUT2D eigenvalue weighted by atomic mass is 32.1. The molecule has 0 unspecified atom stereocenters. The third kappa shape index (κ3) is 2.65. The second kappa shape index (κ2) is 6.06. The molecule has 0 aliphatic carbocycles. The van der Waals surface area contributed by atoms with Gasteiger partial charge in [0.05, 0.1) is 18.3 Å². The second-order valence-corrected chi connectivity index (χ2v) is 6.72. The Morgan fingerprint density at radius 2 is 1.92 bits per heavy atom. The van der Waals surface area contributed by atoms with E-state index in [1.807, 2.05) is 47.8 Å². The monoisotopic (exact) mass is 332 g/mol. The van der Waals surface area contributed by atoms with E-state index in [-0.39, 0.29) is 5.56 Å². The molecule has 0 aliphatic heterocycles. The fourth-order valence-electron chi connectivity index (χ4n) is 2.92. The lowest BCUT2D eigenvalue weighted by Crippen LogP contribution is -2.21. The second-order valence-electron chi connectivity index (χ2n) is 5.86. The third-order valence-corrected chi connectivity index (χ3v) is 4.97. The minimum absolute atomic E-state index is 0.0154. The summed E-state index contributed by atoms with van der Waals surface area (Å²) < 4.78 is 1.69. The highest BCUT2D eigenvalue weighted by Gasteiger charge is 2.13. The molecule has 0 bridgehead atoms. The van der Waals surface area contributed by atoms with Crippen molar-refractivity contribution in [3.63, 3.8) is 0 Å². The van der Waals surface area contributed by atoms with E-state index in [9.17, 15) is 4.79 Å². The van der Waals surface area contributed by atoms with E-state index >= 15 is 0 Å². The van der Waals surface area contributed by atoms with E-state index in [1.165, 1.54) is 16.9 Å². The molecule has 0 radical (unpaired) electrons. The molecule has 4 rings (SSSR count). The molecule has 0 N–H and O–H groups in total. The Morgan fingerprint density at radius 1 is 1.08 bits per heavy atom. The summed E-state index contributed by atoms with van der Waals surface area (Å²) in [5, 5.41) is 2.73. The zero-order valence-electron chi connectivity index (χ0n) is 13.3. The number of aromatic nitrogens is 2. The summed E-state index contributed by atoms with van der Waals surface area (Å²) in [6.45, 7) is 2.59. The fourth-order valence-corrected chi connectivity index (χ4v) is 3.82. The van der Waals surface area contributed by atoms with Gasteiger partial charge in [0.25, 0.3) is 5.56 Å². The average Bonchev–Trinajstić information content (AvgIpc) is 3.03. The van der Waals surface area contributed by atoms with Crippen LogP contribution >= 0.6 is 11.3 Å². The van der Waals surface area contributed by atoms with Crippen LogP contribution in [0.4, 0.5) is 0 Å². The van der Waals surface area contributed by atoms with Crippen molar-refractivity contribution in [2.24, 2.45) is 0 Å². The van der Waals surface area contributed by atoms with Crippen LogP contribution in [0.2, 0.25) is 0 Å². The molecule has 118 valence electrons. The van der Waals surface area contributed by atoms with Gasteiger partial charge in [0.1, 0.15) is 4.83 Å². The predicted molar refractivity (Wildman–Crippen MR) is 99.6 cm³/mol. The Labute approximate surface area is 143 Å². The van der Waals surface area contributed by atoms with E-state index in [2.05, 4.69) is 24.0 Å². The van der Waals surface area contributed by atoms with E-state index in [4.69, 9.17) is 0 Å². The van der Waals surface area contributed by atoms with Crippen LogP contribution in [0.1, 0.15) is 11.1 Å². The number of hydrogen-bond donors (Lipinski definition) is 0. The smallest absolute Gasteiger partial charge is 0.263 e. The molecule has 4 heteroatoms. The molecule has 2 heterocycles. The Balaban J connectivity index is 1.84. The number of hydrogen-bond acceptors (Lipinski definition) is 3. The number of rotatable bonds is 3. The van der Waals surface area contributed by atoms with Gasteiger partial charge in [-0.3, -0.25) is 9.36 Å². The normalized spacial score (nSPS) is 11.0. The summed E-state index contributed by atoms with van der Waals surface area (Å²) in [7, 11) is 0. The van der Waals surface area contributed by atoms with Crippen LogP contribution in [0.25, 0.3) is 21.3 Å². The van der Waals surface area contributed by atoms with Crippen molar-refractivity contribution in [1.82, 2.24) is 9.55 Å². The number of thiophene rings is 1. The van der Waals surface area contributed by atoms with E-state index in [1.54, 1.807) is 10.9 Å². The maximum absolute atomic E-state index is 13.0. The summed E-state index contributed by atoms with van der Waals surface area (Å²) in [4.78, 5) is 18.3. The van der Waals surface area contributed by atoms with Gasteiger partial charge in [0, 0.05) is 10.9 Å². The average molecular weight is 332 g/mol. The standard InChI is InChI=1S/C20H16N2OS/c1-14-6-5-7-15(10-14)11-22-13-21-19-18(20(22)23)17(12-24-19)16-8-3-2-4-9-16/h2-10,12-13H,11H2,1H3. The fraction of sp³-hybridized carbons (Fsp3) is 0.100. The first-order valence-corrected chi connectivity index (χ1v) is 8.68. The minimum Gasteiger partial charge on any atom is -0.294 e. The van der Waals surface area contributed by atoms with Crippen molar-refractivity contribution in [2.75, 3.05) is 0 Å².